The molecule has 0 saturated carbocycles. The predicted molar refractivity (Wildman–Crippen MR) is 82.6 cm³/mol. The molecular weight excluding hydrogens is 274 g/mol. The van der Waals surface area contributed by atoms with Crippen LogP contribution in [0.4, 0.5) is 5.69 Å². The van der Waals surface area contributed by atoms with Crippen LogP contribution in [0.2, 0.25) is 0 Å². The number of rotatable bonds is 6. The molecule has 0 amide bonds. The minimum atomic E-state index is 0.277. The number of ether oxygens (including phenoxy) is 1. The number of hydrogen-bond acceptors (Lipinski definition) is 3. The number of phenolic OH excluding ortho intramolecular Hbond substituents is 1. The van der Waals surface area contributed by atoms with E-state index in [1.807, 2.05) is 37.3 Å². The molecule has 0 heterocycles. The maximum Gasteiger partial charge on any atom is 0.123 e. The largest absolute Gasteiger partial charge is 0.508 e. The molecule has 0 radical (unpaired) electrons. The highest BCUT2D eigenvalue weighted by atomic mass is 35.5. The van der Waals surface area contributed by atoms with Gasteiger partial charge in [0.15, 0.2) is 0 Å². The van der Waals surface area contributed by atoms with Gasteiger partial charge in [0.1, 0.15) is 11.5 Å². The zero-order valence-corrected chi connectivity index (χ0v) is 12.2. The Bertz CT molecular complexity index is 555. The first-order chi connectivity index (χ1) is 9.72. The van der Waals surface area contributed by atoms with Crippen molar-refractivity contribution in [3.63, 3.8) is 0 Å². The van der Waals surface area contributed by atoms with Crippen molar-refractivity contribution in [1.29, 1.82) is 0 Å². The summed E-state index contributed by atoms with van der Waals surface area (Å²) in [4.78, 5) is 0. The number of phenols is 1. The SMILES string of the molecule is CCOc1ccc(NCc2ccc(O)cc2)cc1CCl. The topological polar surface area (TPSA) is 41.5 Å². The van der Waals surface area contributed by atoms with Crippen molar-refractivity contribution in [2.75, 3.05) is 11.9 Å². The minimum absolute atomic E-state index is 0.277. The van der Waals surface area contributed by atoms with Gasteiger partial charge in [0.2, 0.25) is 0 Å². The fraction of sp³-hybridized carbons (Fsp3) is 0.250. The molecule has 0 spiro atoms. The Morgan fingerprint density at radius 2 is 1.90 bits per heavy atom. The first-order valence-electron chi connectivity index (χ1n) is 6.56. The monoisotopic (exact) mass is 291 g/mol. The molecule has 0 bridgehead atoms. The lowest BCUT2D eigenvalue weighted by molar-refractivity contribution is 0.337. The quantitative estimate of drug-likeness (QED) is 0.786. The van der Waals surface area contributed by atoms with E-state index in [4.69, 9.17) is 16.3 Å². The first-order valence-corrected chi connectivity index (χ1v) is 7.10. The van der Waals surface area contributed by atoms with E-state index in [1.54, 1.807) is 12.1 Å². The molecule has 2 aromatic carbocycles. The molecule has 4 heteroatoms. The van der Waals surface area contributed by atoms with Crippen LogP contribution in [0.5, 0.6) is 11.5 Å². The molecule has 0 aliphatic heterocycles. The lowest BCUT2D eigenvalue weighted by atomic mass is 10.1. The van der Waals surface area contributed by atoms with Gasteiger partial charge in [-0.1, -0.05) is 12.1 Å². The Balaban J connectivity index is 2.04. The van der Waals surface area contributed by atoms with E-state index in [2.05, 4.69) is 5.32 Å². The molecule has 0 atom stereocenters. The van der Waals surface area contributed by atoms with E-state index in [0.717, 1.165) is 22.6 Å². The van der Waals surface area contributed by atoms with Crippen LogP contribution in [0.3, 0.4) is 0 Å². The third-order valence-corrected chi connectivity index (χ3v) is 3.23. The van der Waals surface area contributed by atoms with Crippen molar-refractivity contribution in [1.82, 2.24) is 0 Å². The number of halogens is 1. The number of hydrogen-bond donors (Lipinski definition) is 2. The van der Waals surface area contributed by atoms with Crippen molar-refractivity contribution in [3.05, 3.63) is 53.6 Å². The fourth-order valence-corrected chi connectivity index (χ4v) is 2.12. The number of alkyl halides is 1. The highest BCUT2D eigenvalue weighted by Crippen LogP contribution is 2.25. The Kier molecular flexibility index (Phi) is 5.13. The highest BCUT2D eigenvalue weighted by Gasteiger charge is 2.04. The Morgan fingerprint density at radius 3 is 2.55 bits per heavy atom. The fourth-order valence-electron chi connectivity index (χ4n) is 1.91. The van der Waals surface area contributed by atoms with Gasteiger partial charge in [-0.2, -0.15) is 0 Å². The summed E-state index contributed by atoms with van der Waals surface area (Å²) < 4.78 is 5.52. The van der Waals surface area contributed by atoms with E-state index in [9.17, 15) is 5.11 Å². The molecule has 0 fully saturated rings. The van der Waals surface area contributed by atoms with Crippen LogP contribution in [-0.2, 0) is 12.4 Å². The number of benzene rings is 2. The summed E-state index contributed by atoms with van der Waals surface area (Å²) in [7, 11) is 0. The van der Waals surface area contributed by atoms with Gasteiger partial charge in [0.25, 0.3) is 0 Å². The van der Waals surface area contributed by atoms with Crippen molar-refractivity contribution >= 4 is 17.3 Å². The molecule has 2 N–H and O–H groups in total. The molecule has 2 rings (SSSR count). The third-order valence-electron chi connectivity index (χ3n) is 2.94. The summed E-state index contributed by atoms with van der Waals surface area (Å²) in [6, 6.07) is 13.0. The van der Waals surface area contributed by atoms with E-state index in [-0.39, 0.29) is 5.75 Å². The minimum Gasteiger partial charge on any atom is -0.508 e. The van der Waals surface area contributed by atoms with Gasteiger partial charge < -0.3 is 15.2 Å². The Labute approximate surface area is 124 Å². The molecular formula is C16H18ClNO2. The van der Waals surface area contributed by atoms with E-state index < -0.39 is 0 Å². The summed E-state index contributed by atoms with van der Waals surface area (Å²) in [5.74, 6) is 1.53. The average Bonchev–Trinajstić information content (AvgIpc) is 2.48. The first kappa shape index (κ1) is 14.5. The number of aromatic hydroxyl groups is 1. The molecule has 2 aromatic rings. The highest BCUT2D eigenvalue weighted by molar-refractivity contribution is 6.17. The van der Waals surface area contributed by atoms with Gasteiger partial charge >= 0.3 is 0 Å². The van der Waals surface area contributed by atoms with E-state index >= 15 is 0 Å². The summed E-state index contributed by atoms with van der Waals surface area (Å²) >= 11 is 5.94. The second kappa shape index (κ2) is 7.06. The van der Waals surface area contributed by atoms with Crippen LogP contribution in [0.1, 0.15) is 18.1 Å². The van der Waals surface area contributed by atoms with Crippen molar-refractivity contribution < 1.29 is 9.84 Å². The van der Waals surface area contributed by atoms with Crippen LogP contribution in [0.15, 0.2) is 42.5 Å². The predicted octanol–water partition coefficient (Wildman–Crippen LogP) is 4.14. The van der Waals surface area contributed by atoms with Gasteiger partial charge in [-0.15, -0.1) is 11.6 Å². The van der Waals surface area contributed by atoms with Crippen LogP contribution in [0, 0.1) is 0 Å². The van der Waals surface area contributed by atoms with Gasteiger partial charge in [-0.25, -0.2) is 0 Å². The van der Waals surface area contributed by atoms with Gasteiger partial charge in [0.05, 0.1) is 12.5 Å². The van der Waals surface area contributed by atoms with Crippen molar-refractivity contribution in [2.45, 2.75) is 19.3 Å². The second-order valence-corrected chi connectivity index (χ2v) is 4.68. The smallest absolute Gasteiger partial charge is 0.123 e. The molecule has 0 aromatic heterocycles. The van der Waals surface area contributed by atoms with Gasteiger partial charge in [-0.3, -0.25) is 0 Å². The zero-order valence-electron chi connectivity index (χ0n) is 11.4. The molecule has 0 aliphatic carbocycles. The van der Waals surface area contributed by atoms with Gasteiger partial charge in [0, 0.05) is 17.8 Å². The second-order valence-electron chi connectivity index (χ2n) is 4.41. The molecule has 106 valence electrons. The lowest BCUT2D eigenvalue weighted by Gasteiger charge is -2.12. The Hall–Kier alpha value is -1.87. The standard InChI is InChI=1S/C16H18ClNO2/c1-2-20-16-8-5-14(9-13(16)10-17)18-11-12-3-6-15(19)7-4-12/h3-9,18-19H,2,10-11H2,1H3. The molecule has 0 unspecified atom stereocenters. The summed E-state index contributed by atoms with van der Waals surface area (Å²) in [6.07, 6.45) is 0. The molecule has 0 saturated heterocycles. The number of anilines is 1. The summed E-state index contributed by atoms with van der Waals surface area (Å²) in [5, 5.41) is 12.6. The van der Waals surface area contributed by atoms with Crippen LogP contribution >= 0.6 is 11.6 Å². The third kappa shape index (κ3) is 3.81. The van der Waals surface area contributed by atoms with Gasteiger partial charge in [-0.05, 0) is 42.8 Å². The average molecular weight is 292 g/mol. The summed E-state index contributed by atoms with van der Waals surface area (Å²) in [5.41, 5.74) is 3.07. The van der Waals surface area contributed by atoms with Crippen LogP contribution in [-0.4, -0.2) is 11.7 Å². The molecule has 3 nitrogen and oxygen atoms in total. The van der Waals surface area contributed by atoms with Crippen molar-refractivity contribution in [3.8, 4) is 11.5 Å². The van der Waals surface area contributed by atoms with Crippen LogP contribution in [0.25, 0.3) is 0 Å². The number of nitrogens with one attached hydrogen (secondary N) is 1. The molecule has 0 aliphatic rings. The molecule has 20 heavy (non-hydrogen) atoms. The zero-order chi connectivity index (χ0) is 14.4. The van der Waals surface area contributed by atoms with Crippen molar-refractivity contribution in [2.24, 2.45) is 0 Å². The lowest BCUT2D eigenvalue weighted by Crippen LogP contribution is -2.01. The van der Waals surface area contributed by atoms with E-state index in [1.165, 1.54) is 0 Å². The maximum atomic E-state index is 9.24. The summed E-state index contributed by atoms with van der Waals surface area (Å²) in [6.45, 7) is 3.27. The Morgan fingerprint density at radius 1 is 1.15 bits per heavy atom. The normalized spacial score (nSPS) is 10.3. The van der Waals surface area contributed by atoms with Crippen LogP contribution < -0.4 is 10.1 Å². The maximum absolute atomic E-state index is 9.24. The van der Waals surface area contributed by atoms with E-state index in [0.29, 0.717) is 19.0 Å².